The van der Waals surface area contributed by atoms with E-state index in [0.29, 0.717) is 0 Å². The maximum absolute atomic E-state index is 12.2. The van der Waals surface area contributed by atoms with Crippen molar-refractivity contribution in [3.05, 3.63) is 30.3 Å². The molecule has 19 heavy (non-hydrogen) atoms. The fourth-order valence-corrected chi connectivity index (χ4v) is 2.93. The standard InChI is InChI=1S/C11H12N2O5S/c12-10(11(14)15)8-6-9(13-18-8)19(16,17)7-4-2-1-3-5-7/h1-5,8,10H,6,12H2,(H,14,15)/t8-,10-/m0/s1. The zero-order valence-electron chi connectivity index (χ0n) is 9.76. The highest BCUT2D eigenvalue weighted by Gasteiger charge is 2.37. The molecule has 1 aliphatic heterocycles. The Hall–Kier alpha value is -1.93. The van der Waals surface area contributed by atoms with Crippen molar-refractivity contribution >= 4 is 20.9 Å². The van der Waals surface area contributed by atoms with Crippen LogP contribution < -0.4 is 5.73 Å². The molecule has 1 aliphatic rings. The maximum Gasteiger partial charge on any atom is 0.324 e. The number of benzene rings is 1. The number of sulfone groups is 1. The van der Waals surface area contributed by atoms with Gasteiger partial charge in [0.25, 0.3) is 0 Å². The minimum absolute atomic E-state index is 0.0851. The summed E-state index contributed by atoms with van der Waals surface area (Å²) in [5.41, 5.74) is 5.37. The highest BCUT2D eigenvalue weighted by Crippen LogP contribution is 2.22. The zero-order chi connectivity index (χ0) is 14.0. The monoisotopic (exact) mass is 284 g/mol. The third-order valence-corrected chi connectivity index (χ3v) is 4.47. The van der Waals surface area contributed by atoms with E-state index in [2.05, 4.69) is 5.16 Å². The van der Waals surface area contributed by atoms with Gasteiger partial charge in [0.05, 0.1) is 4.90 Å². The van der Waals surface area contributed by atoms with Gasteiger partial charge in [-0.25, -0.2) is 8.42 Å². The quantitative estimate of drug-likeness (QED) is 0.804. The molecule has 102 valence electrons. The van der Waals surface area contributed by atoms with E-state index >= 15 is 0 Å². The normalized spacial score (nSPS) is 20.5. The molecule has 0 unspecified atom stereocenters. The Bertz CT molecular complexity index is 611. The molecule has 7 nitrogen and oxygen atoms in total. The summed E-state index contributed by atoms with van der Waals surface area (Å²) >= 11 is 0. The van der Waals surface area contributed by atoms with Gasteiger partial charge in [0.15, 0.2) is 11.1 Å². The number of nitrogens with two attached hydrogens (primary N) is 1. The smallest absolute Gasteiger partial charge is 0.324 e. The fraction of sp³-hybridized carbons (Fsp3) is 0.273. The first-order valence-electron chi connectivity index (χ1n) is 5.44. The van der Waals surface area contributed by atoms with Gasteiger partial charge >= 0.3 is 5.97 Å². The average molecular weight is 284 g/mol. The van der Waals surface area contributed by atoms with Gasteiger partial charge in [-0.1, -0.05) is 23.4 Å². The van der Waals surface area contributed by atoms with Crippen LogP contribution in [0, 0.1) is 0 Å². The van der Waals surface area contributed by atoms with Crippen LogP contribution in [-0.4, -0.2) is 36.7 Å². The predicted molar refractivity (Wildman–Crippen MR) is 66.2 cm³/mol. The molecule has 0 amide bonds. The van der Waals surface area contributed by atoms with E-state index in [-0.39, 0.29) is 16.4 Å². The molecule has 0 spiro atoms. The van der Waals surface area contributed by atoms with Crippen LogP contribution >= 0.6 is 0 Å². The Morgan fingerprint density at radius 3 is 2.63 bits per heavy atom. The van der Waals surface area contributed by atoms with Crippen LogP contribution in [0.3, 0.4) is 0 Å². The summed E-state index contributed by atoms with van der Waals surface area (Å²) in [4.78, 5) is 15.6. The summed E-state index contributed by atoms with van der Waals surface area (Å²) in [5.74, 6) is -1.27. The van der Waals surface area contributed by atoms with Crippen LogP contribution in [0.4, 0.5) is 0 Å². The topological polar surface area (TPSA) is 119 Å². The van der Waals surface area contributed by atoms with Gasteiger partial charge in [-0.15, -0.1) is 0 Å². The molecule has 0 aliphatic carbocycles. The lowest BCUT2D eigenvalue weighted by atomic mass is 10.1. The number of nitrogens with zero attached hydrogens (tertiary/aromatic N) is 1. The zero-order valence-corrected chi connectivity index (χ0v) is 10.6. The van der Waals surface area contributed by atoms with Crippen molar-refractivity contribution in [1.29, 1.82) is 0 Å². The minimum atomic E-state index is -3.75. The van der Waals surface area contributed by atoms with Crippen molar-refractivity contribution < 1.29 is 23.2 Å². The lowest BCUT2D eigenvalue weighted by Crippen LogP contribution is -2.42. The Kier molecular flexibility index (Phi) is 3.54. The van der Waals surface area contributed by atoms with E-state index in [1.54, 1.807) is 18.2 Å². The molecule has 8 heteroatoms. The fourth-order valence-electron chi connectivity index (χ4n) is 1.62. The Balaban J connectivity index is 2.20. The summed E-state index contributed by atoms with van der Waals surface area (Å²) in [6.45, 7) is 0. The number of hydrogen-bond acceptors (Lipinski definition) is 6. The second-order valence-corrected chi connectivity index (χ2v) is 5.96. The SMILES string of the molecule is N[C@H](C(=O)O)[C@@H]1CC(S(=O)(=O)c2ccccc2)=NO1. The van der Waals surface area contributed by atoms with Crippen molar-refractivity contribution in [3.8, 4) is 0 Å². The molecular weight excluding hydrogens is 272 g/mol. The van der Waals surface area contributed by atoms with Gasteiger partial charge in [0, 0.05) is 6.42 Å². The maximum atomic E-state index is 12.2. The third-order valence-electron chi connectivity index (χ3n) is 2.72. The molecule has 1 aromatic carbocycles. The van der Waals surface area contributed by atoms with Gasteiger partial charge in [-0.05, 0) is 12.1 Å². The Morgan fingerprint density at radius 2 is 2.05 bits per heavy atom. The largest absolute Gasteiger partial charge is 0.480 e. The minimum Gasteiger partial charge on any atom is -0.480 e. The molecule has 0 radical (unpaired) electrons. The lowest BCUT2D eigenvalue weighted by molar-refractivity contribution is -0.141. The van der Waals surface area contributed by atoms with E-state index in [9.17, 15) is 13.2 Å². The second-order valence-electron chi connectivity index (χ2n) is 4.01. The highest BCUT2D eigenvalue weighted by molar-refractivity contribution is 8.06. The molecule has 0 saturated heterocycles. The van der Waals surface area contributed by atoms with Gasteiger partial charge in [-0.3, -0.25) is 4.79 Å². The number of oxime groups is 1. The summed E-state index contributed by atoms with van der Waals surface area (Å²) < 4.78 is 24.3. The van der Waals surface area contributed by atoms with E-state index < -0.39 is 28.0 Å². The Morgan fingerprint density at radius 1 is 1.42 bits per heavy atom. The van der Waals surface area contributed by atoms with Gasteiger partial charge in [0.2, 0.25) is 9.84 Å². The van der Waals surface area contributed by atoms with Gasteiger partial charge < -0.3 is 15.7 Å². The molecule has 0 aromatic heterocycles. The highest BCUT2D eigenvalue weighted by atomic mass is 32.2. The predicted octanol–water partition coefficient (Wildman–Crippen LogP) is -0.0254. The van der Waals surface area contributed by atoms with Crippen molar-refractivity contribution in [3.63, 3.8) is 0 Å². The van der Waals surface area contributed by atoms with Gasteiger partial charge in [-0.2, -0.15) is 0 Å². The van der Waals surface area contributed by atoms with E-state index in [1.165, 1.54) is 12.1 Å². The average Bonchev–Trinajstić information content (AvgIpc) is 2.89. The first-order valence-corrected chi connectivity index (χ1v) is 6.92. The second kappa shape index (κ2) is 4.98. The van der Waals surface area contributed by atoms with Crippen LogP contribution in [0.15, 0.2) is 40.4 Å². The number of carboxylic acid groups (broad SMARTS) is 1. The molecular formula is C11H12N2O5S. The van der Waals surface area contributed by atoms with E-state index in [1.807, 2.05) is 0 Å². The Labute approximate surface area is 109 Å². The molecule has 0 bridgehead atoms. The molecule has 3 N–H and O–H groups in total. The summed E-state index contributed by atoms with van der Waals surface area (Å²) in [6.07, 6.45) is -1.11. The van der Waals surface area contributed by atoms with E-state index in [0.717, 1.165) is 0 Å². The van der Waals surface area contributed by atoms with Crippen LogP contribution in [0.25, 0.3) is 0 Å². The summed E-state index contributed by atoms with van der Waals surface area (Å²) in [6, 6.07) is 6.42. The van der Waals surface area contributed by atoms with Crippen molar-refractivity contribution in [2.75, 3.05) is 0 Å². The molecule has 1 heterocycles. The van der Waals surface area contributed by atoms with Gasteiger partial charge in [0.1, 0.15) is 6.04 Å². The third kappa shape index (κ3) is 2.59. The van der Waals surface area contributed by atoms with Crippen LogP contribution in [0.2, 0.25) is 0 Å². The molecule has 1 aromatic rings. The first-order chi connectivity index (χ1) is 8.93. The molecule has 0 fully saturated rings. The number of aliphatic carboxylic acids is 1. The van der Waals surface area contributed by atoms with Crippen molar-refractivity contribution in [2.24, 2.45) is 10.9 Å². The van der Waals surface area contributed by atoms with Crippen LogP contribution in [0.1, 0.15) is 6.42 Å². The summed E-state index contributed by atoms with van der Waals surface area (Å²) in [5, 5.41) is 12.0. The van der Waals surface area contributed by atoms with Crippen molar-refractivity contribution in [1.82, 2.24) is 0 Å². The molecule has 0 saturated carbocycles. The number of hydrogen-bond donors (Lipinski definition) is 2. The van der Waals surface area contributed by atoms with Crippen molar-refractivity contribution in [2.45, 2.75) is 23.5 Å². The molecule has 2 rings (SSSR count). The number of rotatable bonds is 3. The number of carbonyl (C=O) groups is 1. The van der Waals surface area contributed by atoms with Crippen LogP contribution in [-0.2, 0) is 19.5 Å². The van der Waals surface area contributed by atoms with E-state index in [4.69, 9.17) is 15.7 Å². The number of carboxylic acids is 1. The summed E-state index contributed by atoms with van der Waals surface area (Å²) in [7, 11) is -3.75. The van der Waals surface area contributed by atoms with Crippen LogP contribution in [0.5, 0.6) is 0 Å². The first kappa shape index (κ1) is 13.5. The lowest BCUT2D eigenvalue weighted by Gasteiger charge is -2.11. The molecule has 2 atom stereocenters.